The number of hydrogen-bond donors (Lipinski definition) is 0. The lowest BCUT2D eigenvalue weighted by Gasteiger charge is -2.33. The molecule has 35 heavy (non-hydrogen) atoms. The Kier molecular flexibility index (Phi) is 6.41. The van der Waals surface area contributed by atoms with Crippen molar-refractivity contribution < 1.29 is 27.5 Å². The quantitative estimate of drug-likeness (QED) is 0.641. The normalized spacial score (nSPS) is 20.7. The van der Waals surface area contributed by atoms with E-state index in [0.717, 1.165) is 18.4 Å². The minimum atomic E-state index is -3.77. The van der Waals surface area contributed by atoms with Crippen molar-refractivity contribution in [2.45, 2.75) is 30.7 Å². The molecule has 3 aliphatic heterocycles. The van der Waals surface area contributed by atoms with Gasteiger partial charge in [-0.15, -0.1) is 0 Å². The Bertz CT molecular complexity index is 1240. The summed E-state index contributed by atoms with van der Waals surface area (Å²) in [5, 5.41) is 0. The van der Waals surface area contributed by atoms with Crippen LogP contribution in [-0.4, -0.2) is 80.3 Å². The lowest BCUT2D eigenvalue weighted by molar-refractivity contribution is -0.129. The molecule has 0 aromatic heterocycles. The summed E-state index contributed by atoms with van der Waals surface area (Å²) in [5.74, 6) is 1.14. The Morgan fingerprint density at radius 3 is 2.40 bits per heavy atom. The van der Waals surface area contributed by atoms with Crippen molar-refractivity contribution in [3.63, 3.8) is 0 Å². The molecule has 2 saturated heterocycles. The number of likely N-dealkylation sites (tertiary alicyclic amines) is 1. The third kappa shape index (κ3) is 4.60. The molecule has 1 atom stereocenters. The monoisotopic (exact) mass is 499 g/mol. The van der Waals surface area contributed by atoms with Crippen LogP contribution in [0.5, 0.6) is 11.5 Å². The van der Waals surface area contributed by atoms with E-state index in [4.69, 9.17) is 9.47 Å². The lowest BCUT2D eigenvalue weighted by atomic mass is 10.0. The average molecular weight is 500 g/mol. The molecule has 0 spiro atoms. The molecule has 3 aliphatic rings. The second-order valence-corrected chi connectivity index (χ2v) is 10.9. The summed E-state index contributed by atoms with van der Waals surface area (Å²) < 4.78 is 39.2. The fraction of sp³-hybridized carbons (Fsp3) is 0.440. The summed E-state index contributed by atoms with van der Waals surface area (Å²) in [6.45, 7) is 4.28. The number of ether oxygens (including phenoxy) is 2. The molecule has 0 aliphatic carbocycles. The number of amides is 2. The van der Waals surface area contributed by atoms with Gasteiger partial charge in [0, 0.05) is 45.2 Å². The Labute approximate surface area is 205 Å². The Hall–Kier alpha value is -3.11. The van der Waals surface area contributed by atoms with Gasteiger partial charge in [-0.05, 0) is 48.7 Å². The minimum Gasteiger partial charge on any atom is -0.486 e. The number of carbonyl (C=O) groups excluding carboxylic acids is 2. The number of rotatable bonds is 4. The van der Waals surface area contributed by atoms with Crippen LogP contribution in [0.2, 0.25) is 0 Å². The van der Waals surface area contributed by atoms with E-state index in [2.05, 4.69) is 0 Å². The van der Waals surface area contributed by atoms with Crippen molar-refractivity contribution in [1.82, 2.24) is 14.1 Å². The lowest BCUT2D eigenvalue weighted by Crippen LogP contribution is -2.49. The zero-order valence-electron chi connectivity index (χ0n) is 19.7. The summed E-state index contributed by atoms with van der Waals surface area (Å²) in [5.41, 5.74) is 1.32. The number of hydrogen-bond acceptors (Lipinski definition) is 6. The molecule has 0 unspecified atom stereocenters. The molecule has 10 heteroatoms. The van der Waals surface area contributed by atoms with E-state index >= 15 is 0 Å². The number of carbonyl (C=O) groups is 2. The van der Waals surface area contributed by atoms with Gasteiger partial charge in [0.2, 0.25) is 15.9 Å². The van der Waals surface area contributed by atoms with Gasteiger partial charge in [-0.3, -0.25) is 9.59 Å². The van der Waals surface area contributed by atoms with Gasteiger partial charge in [0.05, 0.1) is 10.9 Å². The molecule has 5 rings (SSSR count). The molecule has 2 aromatic rings. The van der Waals surface area contributed by atoms with Gasteiger partial charge >= 0.3 is 0 Å². The predicted molar refractivity (Wildman–Crippen MR) is 128 cm³/mol. The first-order valence-electron chi connectivity index (χ1n) is 11.9. The molecule has 0 radical (unpaired) electrons. The zero-order chi connectivity index (χ0) is 24.6. The molecule has 0 N–H and O–H groups in total. The summed E-state index contributed by atoms with van der Waals surface area (Å²) in [4.78, 5) is 28.6. The smallest absolute Gasteiger partial charge is 0.254 e. The van der Waals surface area contributed by atoms with E-state index in [9.17, 15) is 18.0 Å². The summed E-state index contributed by atoms with van der Waals surface area (Å²) in [6, 6.07) is 11.9. The number of piperazine rings is 1. The molecule has 0 bridgehead atoms. The average Bonchev–Trinajstić information content (AvgIpc) is 3.38. The van der Waals surface area contributed by atoms with Gasteiger partial charge in [0.1, 0.15) is 13.2 Å². The number of benzene rings is 2. The fourth-order valence-electron chi connectivity index (χ4n) is 4.97. The standard InChI is InChI=1S/C25H29N3O6S/c1-18(29)26-10-12-27(13-11-26)35(31,32)21-5-2-4-20(16-21)25(30)28-9-3-6-22(28)19-7-8-23-24(17-19)34-15-14-33-23/h2,4-5,7-8,16-17,22H,3,6,9-15H2,1H3/t22-/m0/s1. The highest BCUT2D eigenvalue weighted by Gasteiger charge is 2.33. The van der Waals surface area contributed by atoms with Gasteiger partial charge in [0.25, 0.3) is 5.91 Å². The first-order valence-corrected chi connectivity index (χ1v) is 13.3. The van der Waals surface area contributed by atoms with Crippen LogP contribution in [0.3, 0.4) is 0 Å². The molecule has 0 saturated carbocycles. The Morgan fingerprint density at radius 2 is 1.66 bits per heavy atom. The van der Waals surface area contributed by atoms with Gasteiger partial charge in [-0.25, -0.2) is 8.42 Å². The highest BCUT2D eigenvalue weighted by molar-refractivity contribution is 7.89. The summed E-state index contributed by atoms with van der Waals surface area (Å²) in [6.07, 6.45) is 1.69. The highest BCUT2D eigenvalue weighted by Crippen LogP contribution is 2.38. The third-order valence-electron chi connectivity index (χ3n) is 6.87. The third-order valence-corrected chi connectivity index (χ3v) is 8.76. The zero-order valence-corrected chi connectivity index (χ0v) is 20.5. The Balaban J connectivity index is 1.35. The first-order chi connectivity index (χ1) is 16.8. The number of nitrogens with zero attached hydrogens (tertiary/aromatic N) is 3. The molecule has 2 fully saturated rings. The molecule has 2 amide bonds. The van der Waals surface area contributed by atoms with Crippen molar-refractivity contribution in [3.8, 4) is 11.5 Å². The maximum Gasteiger partial charge on any atom is 0.254 e. The fourth-order valence-corrected chi connectivity index (χ4v) is 6.44. The first kappa shape index (κ1) is 23.6. The second kappa shape index (κ2) is 9.50. The molecular weight excluding hydrogens is 470 g/mol. The number of sulfonamides is 1. The van der Waals surface area contributed by atoms with E-state index in [-0.39, 0.29) is 35.8 Å². The maximum absolute atomic E-state index is 13.5. The molecule has 186 valence electrons. The van der Waals surface area contributed by atoms with E-state index < -0.39 is 10.0 Å². The predicted octanol–water partition coefficient (Wildman–Crippen LogP) is 2.29. The van der Waals surface area contributed by atoms with E-state index in [1.807, 2.05) is 23.1 Å². The second-order valence-electron chi connectivity index (χ2n) is 9.00. The van der Waals surface area contributed by atoms with Crippen molar-refractivity contribution in [2.24, 2.45) is 0 Å². The Morgan fingerprint density at radius 1 is 0.914 bits per heavy atom. The van der Waals surface area contributed by atoms with Gasteiger partial charge < -0.3 is 19.3 Å². The number of fused-ring (bicyclic) bond motifs is 1. The molecule has 3 heterocycles. The van der Waals surface area contributed by atoms with Crippen LogP contribution in [0.25, 0.3) is 0 Å². The maximum atomic E-state index is 13.5. The van der Waals surface area contributed by atoms with E-state index in [1.54, 1.807) is 17.0 Å². The van der Waals surface area contributed by atoms with Gasteiger partial charge in [-0.2, -0.15) is 4.31 Å². The van der Waals surface area contributed by atoms with Crippen LogP contribution >= 0.6 is 0 Å². The topological polar surface area (TPSA) is 96.5 Å². The van der Waals surface area contributed by atoms with Crippen LogP contribution in [0.4, 0.5) is 0 Å². The van der Waals surface area contributed by atoms with Crippen molar-refractivity contribution in [3.05, 3.63) is 53.6 Å². The molecule has 2 aromatic carbocycles. The van der Waals surface area contributed by atoms with Crippen LogP contribution in [0.1, 0.15) is 41.7 Å². The van der Waals surface area contributed by atoms with Crippen molar-refractivity contribution in [1.29, 1.82) is 0 Å². The molecular formula is C25H29N3O6S. The highest BCUT2D eigenvalue weighted by atomic mass is 32.2. The van der Waals surface area contributed by atoms with Crippen LogP contribution in [0, 0.1) is 0 Å². The van der Waals surface area contributed by atoms with Crippen molar-refractivity contribution >= 4 is 21.8 Å². The van der Waals surface area contributed by atoms with Gasteiger partial charge in [0.15, 0.2) is 11.5 Å². The minimum absolute atomic E-state index is 0.0622. The van der Waals surface area contributed by atoms with E-state index in [1.165, 1.54) is 23.4 Å². The van der Waals surface area contributed by atoms with Crippen LogP contribution in [0.15, 0.2) is 47.4 Å². The van der Waals surface area contributed by atoms with Crippen molar-refractivity contribution in [2.75, 3.05) is 45.9 Å². The van der Waals surface area contributed by atoms with Crippen LogP contribution < -0.4 is 9.47 Å². The SMILES string of the molecule is CC(=O)N1CCN(S(=O)(=O)c2cccc(C(=O)N3CCC[C@H]3c3ccc4c(c3)OCCO4)c2)CC1. The van der Waals surface area contributed by atoms with Gasteiger partial charge in [-0.1, -0.05) is 12.1 Å². The van der Waals surface area contributed by atoms with Crippen LogP contribution in [-0.2, 0) is 14.8 Å². The molecule has 9 nitrogen and oxygen atoms in total. The summed E-state index contributed by atoms with van der Waals surface area (Å²) >= 11 is 0. The summed E-state index contributed by atoms with van der Waals surface area (Å²) in [7, 11) is -3.77. The van der Waals surface area contributed by atoms with E-state index in [0.29, 0.717) is 49.9 Å². The largest absolute Gasteiger partial charge is 0.486 e.